The lowest BCUT2D eigenvalue weighted by molar-refractivity contribution is 1.36. The second-order valence-electron chi connectivity index (χ2n) is 2.46. The smallest absolute Gasteiger partial charge is 0.0355 e. The molecular weight excluding hydrogens is 214 g/mol. The minimum atomic E-state index is 0.845. The normalized spacial score (nSPS) is 8.75. The Kier molecular flexibility index (Phi) is 4.98. The highest BCUT2D eigenvalue weighted by atomic mass is 79.9. The lowest BCUT2D eigenvalue weighted by Gasteiger charge is -2.02. The first-order valence-corrected chi connectivity index (χ1v) is 4.93. The molecule has 2 heteroatoms. The van der Waals surface area contributed by atoms with E-state index in [1.54, 1.807) is 0 Å². The minimum absolute atomic E-state index is 0.845. The molecule has 0 aliphatic heterocycles. The Morgan fingerprint density at radius 2 is 1.58 bits per heavy atom. The predicted molar refractivity (Wildman–Crippen MR) is 59.4 cm³/mol. The Morgan fingerprint density at radius 3 is 2.00 bits per heavy atom. The van der Waals surface area contributed by atoms with Gasteiger partial charge in [-0.1, -0.05) is 35.8 Å². The van der Waals surface area contributed by atoms with E-state index in [2.05, 4.69) is 28.9 Å². The molecule has 0 saturated carbocycles. The fraction of sp³-hybridized carbons (Fsp3) is 0.400. The fourth-order valence-corrected chi connectivity index (χ4v) is 1.20. The molecule has 0 aromatic heterocycles. The summed E-state index contributed by atoms with van der Waals surface area (Å²) in [5.41, 5.74) is 8.87. The van der Waals surface area contributed by atoms with Crippen molar-refractivity contribution in [2.24, 2.45) is 0 Å². The van der Waals surface area contributed by atoms with E-state index in [1.165, 1.54) is 5.56 Å². The third-order valence-corrected chi connectivity index (χ3v) is 2.40. The summed E-state index contributed by atoms with van der Waals surface area (Å²) in [6.45, 7) is 8.06. The zero-order chi connectivity index (χ0) is 9.72. The van der Waals surface area contributed by atoms with E-state index in [1.807, 2.05) is 26.8 Å². The molecule has 1 rings (SSSR count). The number of benzene rings is 1. The van der Waals surface area contributed by atoms with Gasteiger partial charge in [0.05, 0.1) is 0 Å². The highest BCUT2D eigenvalue weighted by Crippen LogP contribution is 2.21. The highest BCUT2D eigenvalue weighted by Gasteiger charge is 1.97. The van der Waals surface area contributed by atoms with Gasteiger partial charge in [-0.05, 0) is 31.0 Å². The summed E-state index contributed by atoms with van der Waals surface area (Å²) in [6.07, 6.45) is 0. The second kappa shape index (κ2) is 5.20. The molecule has 0 spiro atoms. The van der Waals surface area contributed by atoms with Gasteiger partial charge in [-0.3, -0.25) is 0 Å². The first-order valence-electron chi connectivity index (χ1n) is 4.13. The van der Waals surface area contributed by atoms with Crippen LogP contribution in [0.25, 0.3) is 0 Å². The maximum absolute atomic E-state index is 5.66. The molecule has 68 valence electrons. The third-order valence-electron chi connectivity index (χ3n) is 1.55. The largest absolute Gasteiger partial charge is 0.398 e. The van der Waals surface area contributed by atoms with Gasteiger partial charge in [0.15, 0.2) is 0 Å². The first-order chi connectivity index (χ1) is 5.61. The van der Waals surface area contributed by atoms with Crippen LogP contribution in [0.15, 0.2) is 16.6 Å². The van der Waals surface area contributed by atoms with Crippen molar-refractivity contribution in [3.63, 3.8) is 0 Å². The summed E-state index contributed by atoms with van der Waals surface area (Å²) in [6, 6.07) is 4.00. The summed E-state index contributed by atoms with van der Waals surface area (Å²) >= 11 is 3.40. The lowest BCUT2D eigenvalue weighted by atomic mass is 10.1. The van der Waals surface area contributed by atoms with E-state index in [-0.39, 0.29) is 0 Å². The van der Waals surface area contributed by atoms with E-state index < -0.39 is 0 Å². The first kappa shape index (κ1) is 11.5. The molecule has 1 nitrogen and oxygen atoms in total. The SMILES string of the molecule is CC.Cc1cc(C)c(Br)cc1N. The van der Waals surface area contributed by atoms with Crippen LogP contribution in [0.3, 0.4) is 0 Å². The molecule has 0 unspecified atom stereocenters. The maximum atomic E-state index is 5.66. The quantitative estimate of drug-likeness (QED) is 0.676. The molecular formula is C10H16BrN. The number of nitrogens with two attached hydrogens (primary N) is 1. The Hall–Kier alpha value is -0.500. The Bertz CT molecular complexity index is 206. The molecule has 12 heavy (non-hydrogen) atoms. The third kappa shape index (κ3) is 2.86. The van der Waals surface area contributed by atoms with Gasteiger partial charge in [-0.15, -0.1) is 0 Å². The van der Waals surface area contributed by atoms with Crippen molar-refractivity contribution in [1.82, 2.24) is 0 Å². The van der Waals surface area contributed by atoms with Crippen LogP contribution in [-0.2, 0) is 0 Å². The van der Waals surface area contributed by atoms with Gasteiger partial charge in [-0.2, -0.15) is 0 Å². The van der Waals surface area contributed by atoms with Crippen molar-refractivity contribution in [3.8, 4) is 0 Å². The average molecular weight is 230 g/mol. The maximum Gasteiger partial charge on any atom is 0.0355 e. The van der Waals surface area contributed by atoms with E-state index in [0.29, 0.717) is 0 Å². The average Bonchev–Trinajstić information content (AvgIpc) is 2.05. The molecule has 1 aromatic rings. The van der Waals surface area contributed by atoms with Crippen LogP contribution in [0, 0.1) is 13.8 Å². The van der Waals surface area contributed by atoms with Gasteiger partial charge in [0.2, 0.25) is 0 Å². The van der Waals surface area contributed by atoms with Crippen LogP contribution >= 0.6 is 15.9 Å². The molecule has 0 aliphatic rings. The van der Waals surface area contributed by atoms with Crippen molar-refractivity contribution >= 4 is 21.6 Å². The van der Waals surface area contributed by atoms with Crippen LogP contribution < -0.4 is 5.73 Å². The Morgan fingerprint density at radius 1 is 1.08 bits per heavy atom. The molecule has 0 aliphatic carbocycles. The molecule has 2 N–H and O–H groups in total. The number of aryl methyl sites for hydroxylation is 2. The minimum Gasteiger partial charge on any atom is -0.398 e. The summed E-state index contributed by atoms with van der Waals surface area (Å²) in [5, 5.41) is 0. The van der Waals surface area contributed by atoms with Crippen molar-refractivity contribution in [2.75, 3.05) is 5.73 Å². The van der Waals surface area contributed by atoms with Gasteiger partial charge in [0.25, 0.3) is 0 Å². The van der Waals surface area contributed by atoms with Crippen molar-refractivity contribution in [3.05, 3.63) is 27.7 Å². The number of anilines is 1. The fourth-order valence-electron chi connectivity index (χ4n) is 0.841. The number of nitrogen functional groups attached to an aromatic ring is 1. The summed E-state index contributed by atoms with van der Waals surface area (Å²) in [7, 11) is 0. The lowest BCUT2D eigenvalue weighted by Crippen LogP contribution is -1.90. The monoisotopic (exact) mass is 229 g/mol. The molecule has 0 bridgehead atoms. The number of halogens is 1. The van der Waals surface area contributed by atoms with Gasteiger partial charge in [0.1, 0.15) is 0 Å². The van der Waals surface area contributed by atoms with Crippen LogP contribution in [0.2, 0.25) is 0 Å². The molecule has 0 heterocycles. The van der Waals surface area contributed by atoms with Gasteiger partial charge in [0, 0.05) is 10.2 Å². The molecule has 0 amide bonds. The molecule has 0 atom stereocenters. The van der Waals surface area contributed by atoms with Gasteiger partial charge >= 0.3 is 0 Å². The van der Waals surface area contributed by atoms with E-state index in [0.717, 1.165) is 15.7 Å². The van der Waals surface area contributed by atoms with Crippen molar-refractivity contribution in [1.29, 1.82) is 0 Å². The zero-order valence-electron chi connectivity index (χ0n) is 8.11. The number of hydrogen-bond donors (Lipinski definition) is 1. The van der Waals surface area contributed by atoms with Gasteiger partial charge in [-0.25, -0.2) is 0 Å². The molecule has 0 saturated heterocycles. The number of rotatable bonds is 0. The molecule has 0 radical (unpaired) electrons. The Labute approximate surface area is 83.1 Å². The zero-order valence-corrected chi connectivity index (χ0v) is 9.70. The number of hydrogen-bond acceptors (Lipinski definition) is 1. The topological polar surface area (TPSA) is 26.0 Å². The van der Waals surface area contributed by atoms with Crippen molar-refractivity contribution in [2.45, 2.75) is 27.7 Å². The predicted octanol–water partition coefficient (Wildman–Crippen LogP) is 3.67. The van der Waals surface area contributed by atoms with Crippen molar-refractivity contribution < 1.29 is 0 Å². The Balaban J connectivity index is 0.000000561. The van der Waals surface area contributed by atoms with E-state index in [9.17, 15) is 0 Å². The van der Waals surface area contributed by atoms with Crippen LogP contribution in [0.1, 0.15) is 25.0 Å². The van der Waals surface area contributed by atoms with Gasteiger partial charge < -0.3 is 5.73 Å². The summed E-state index contributed by atoms with van der Waals surface area (Å²) in [5.74, 6) is 0. The standard InChI is InChI=1S/C8H10BrN.C2H6/c1-5-3-6(2)8(10)4-7(5)9;1-2/h3-4H,10H2,1-2H3;1-2H3. The van der Waals surface area contributed by atoms with Crippen LogP contribution in [0.4, 0.5) is 5.69 Å². The van der Waals surface area contributed by atoms with E-state index in [4.69, 9.17) is 5.73 Å². The van der Waals surface area contributed by atoms with E-state index >= 15 is 0 Å². The molecule has 0 fully saturated rings. The van der Waals surface area contributed by atoms with Crippen LogP contribution in [0.5, 0.6) is 0 Å². The summed E-state index contributed by atoms with van der Waals surface area (Å²) in [4.78, 5) is 0. The van der Waals surface area contributed by atoms with Crippen LogP contribution in [-0.4, -0.2) is 0 Å². The highest BCUT2D eigenvalue weighted by molar-refractivity contribution is 9.10. The molecule has 1 aromatic carbocycles. The summed E-state index contributed by atoms with van der Waals surface area (Å²) < 4.78 is 1.08. The second-order valence-corrected chi connectivity index (χ2v) is 3.31.